The van der Waals surface area contributed by atoms with Crippen molar-refractivity contribution in [2.75, 3.05) is 32.3 Å². The Kier molecular flexibility index (Phi) is 10.4. The number of aliphatic imine (C=N–C) groups is 1. The van der Waals surface area contributed by atoms with E-state index in [4.69, 9.17) is 23.9 Å². The van der Waals surface area contributed by atoms with E-state index in [9.17, 15) is 9.59 Å². The highest BCUT2D eigenvalue weighted by molar-refractivity contribution is 7.99. The summed E-state index contributed by atoms with van der Waals surface area (Å²) in [5.41, 5.74) is 4.84. The third-order valence-electron chi connectivity index (χ3n) is 8.16. The second-order valence-electron chi connectivity index (χ2n) is 10.9. The van der Waals surface area contributed by atoms with Gasteiger partial charge >= 0.3 is 5.97 Å². The Bertz CT molecular complexity index is 1550. The zero-order chi connectivity index (χ0) is 31.1. The number of Topliss-reactive ketones (excluding diaryl/α,β-unsaturated/α-hetero) is 1. The number of methoxy groups -OCH3 is 2. The number of allylic oxidation sites excluding steroid dienone is 2. The van der Waals surface area contributed by atoms with Crippen LogP contribution in [0.3, 0.4) is 0 Å². The summed E-state index contributed by atoms with van der Waals surface area (Å²) >= 11 is 1.72. The van der Waals surface area contributed by atoms with Gasteiger partial charge in [0.25, 0.3) is 0 Å². The molecule has 0 N–H and O–H groups in total. The number of carbonyl (C=O) groups excluding carboxylic acids is 2. The van der Waals surface area contributed by atoms with Crippen LogP contribution < -0.4 is 14.2 Å². The highest BCUT2D eigenvalue weighted by atomic mass is 32.2. The molecule has 1 aliphatic heterocycles. The van der Waals surface area contributed by atoms with Crippen molar-refractivity contribution in [2.24, 2.45) is 10.9 Å². The number of benzene rings is 3. The fourth-order valence-corrected chi connectivity index (χ4v) is 6.53. The molecule has 0 saturated heterocycles. The van der Waals surface area contributed by atoms with Crippen LogP contribution in [0.15, 0.2) is 89.1 Å². The van der Waals surface area contributed by atoms with Crippen LogP contribution in [-0.2, 0) is 20.9 Å². The number of esters is 1. The van der Waals surface area contributed by atoms with Crippen molar-refractivity contribution in [3.8, 4) is 17.2 Å². The average molecular weight is 614 g/mol. The Hall–Kier alpha value is -4.04. The van der Waals surface area contributed by atoms with Gasteiger partial charge in [0.15, 0.2) is 17.3 Å². The van der Waals surface area contributed by atoms with E-state index in [0.717, 1.165) is 33.9 Å². The predicted molar refractivity (Wildman–Crippen MR) is 174 cm³/mol. The number of ketones is 1. The van der Waals surface area contributed by atoms with Gasteiger partial charge in [-0.3, -0.25) is 14.6 Å². The van der Waals surface area contributed by atoms with E-state index >= 15 is 0 Å². The van der Waals surface area contributed by atoms with Gasteiger partial charge in [-0.15, -0.1) is 0 Å². The summed E-state index contributed by atoms with van der Waals surface area (Å²) in [6, 6.07) is 23.4. The number of carbonyl (C=O) groups is 2. The van der Waals surface area contributed by atoms with Crippen molar-refractivity contribution in [3.63, 3.8) is 0 Å². The van der Waals surface area contributed by atoms with Crippen molar-refractivity contribution in [2.45, 2.75) is 45.1 Å². The van der Waals surface area contributed by atoms with Crippen molar-refractivity contribution in [3.05, 3.63) is 101 Å². The van der Waals surface area contributed by atoms with E-state index in [1.165, 1.54) is 0 Å². The van der Waals surface area contributed by atoms with Crippen LogP contribution in [0.4, 0.5) is 0 Å². The van der Waals surface area contributed by atoms with Crippen LogP contribution in [0.2, 0.25) is 0 Å². The molecule has 1 unspecified atom stereocenters. The van der Waals surface area contributed by atoms with Gasteiger partial charge in [0, 0.05) is 35.1 Å². The standard InChI is InChI=1S/C36H39NO6S/c1-5-44-17-16-42-36(39)33-23(2)37-29-19-27(25-14-15-31(40-3)32(21-25)41-4)20-30(38)35(29)34(33)26-12-9-13-28(18-26)43-22-24-10-7-6-8-11-24/h6-15,18,21,27,33-34H,5,16-17,19-20,22H2,1-4H3/t27-,33?,34-/m1/s1. The molecule has 0 fully saturated rings. The van der Waals surface area contributed by atoms with Crippen LogP contribution in [0.25, 0.3) is 0 Å². The molecular formula is C36H39NO6S. The number of hydrogen-bond acceptors (Lipinski definition) is 8. The SMILES string of the molecule is CCSCCOC(=O)C1C(C)=NC2=C(C(=O)C[C@H](c3ccc(OC)c(OC)c3)C2)[C@@H]1c1cccc(OCc2ccccc2)c1. The van der Waals surface area contributed by atoms with Crippen LogP contribution in [-0.4, -0.2) is 49.8 Å². The fraction of sp³-hybridized carbons (Fsp3) is 0.361. The van der Waals surface area contributed by atoms with Gasteiger partial charge in [-0.2, -0.15) is 11.8 Å². The first kappa shape index (κ1) is 31.4. The van der Waals surface area contributed by atoms with Gasteiger partial charge in [0.1, 0.15) is 24.9 Å². The molecule has 0 amide bonds. The summed E-state index contributed by atoms with van der Waals surface area (Å²) in [5.74, 6) is 1.93. The third kappa shape index (κ3) is 7.02. The van der Waals surface area contributed by atoms with E-state index in [1.807, 2.05) is 79.7 Å². The van der Waals surface area contributed by atoms with Crippen molar-refractivity contribution in [1.29, 1.82) is 0 Å². The van der Waals surface area contributed by atoms with E-state index < -0.39 is 11.8 Å². The van der Waals surface area contributed by atoms with Crippen molar-refractivity contribution < 1.29 is 28.5 Å². The molecule has 3 aromatic carbocycles. The summed E-state index contributed by atoms with van der Waals surface area (Å²) in [5, 5.41) is 0. The molecule has 0 bridgehead atoms. The quantitative estimate of drug-likeness (QED) is 0.158. The minimum Gasteiger partial charge on any atom is -0.493 e. The minimum atomic E-state index is -0.702. The molecule has 0 aromatic heterocycles. The molecular weight excluding hydrogens is 574 g/mol. The number of hydrogen-bond donors (Lipinski definition) is 0. The van der Waals surface area contributed by atoms with E-state index in [2.05, 4.69) is 6.92 Å². The molecule has 230 valence electrons. The Labute approximate surface area is 263 Å². The Balaban J connectivity index is 1.49. The molecule has 1 heterocycles. The first-order chi connectivity index (χ1) is 21.4. The van der Waals surface area contributed by atoms with Gasteiger partial charge < -0.3 is 18.9 Å². The van der Waals surface area contributed by atoms with Gasteiger partial charge in [0.2, 0.25) is 0 Å². The molecule has 44 heavy (non-hydrogen) atoms. The molecule has 2 aliphatic rings. The monoisotopic (exact) mass is 613 g/mol. The molecule has 0 saturated carbocycles. The number of ether oxygens (including phenoxy) is 4. The maximum Gasteiger partial charge on any atom is 0.315 e. The molecule has 3 aromatic rings. The fourth-order valence-electron chi connectivity index (χ4n) is 6.04. The summed E-state index contributed by atoms with van der Waals surface area (Å²) in [6.07, 6.45) is 0.877. The maximum atomic E-state index is 14.1. The normalized spacial score (nSPS) is 19.6. The summed E-state index contributed by atoms with van der Waals surface area (Å²) in [4.78, 5) is 32.6. The molecule has 5 rings (SSSR count). The summed E-state index contributed by atoms with van der Waals surface area (Å²) < 4.78 is 22.8. The Morgan fingerprint density at radius 2 is 1.73 bits per heavy atom. The predicted octanol–water partition coefficient (Wildman–Crippen LogP) is 7.15. The first-order valence-electron chi connectivity index (χ1n) is 15.0. The lowest BCUT2D eigenvalue weighted by Crippen LogP contribution is -2.38. The second-order valence-corrected chi connectivity index (χ2v) is 12.3. The number of nitrogens with zero attached hydrogens (tertiary/aromatic N) is 1. The zero-order valence-corrected chi connectivity index (χ0v) is 26.5. The first-order valence-corrected chi connectivity index (χ1v) is 16.1. The molecule has 3 atom stereocenters. The van der Waals surface area contributed by atoms with Gasteiger partial charge in [-0.05, 0) is 66.0 Å². The lowest BCUT2D eigenvalue weighted by atomic mass is 9.69. The van der Waals surface area contributed by atoms with Crippen molar-refractivity contribution in [1.82, 2.24) is 0 Å². The van der Waals surface area contributed by atoms with Crippen LogP contribution in [0.1, 0.15) is 55.2 Å². The smallest absolute Gasteiger partial charge is 0.315 e. The molecule has 1 aliphatic carbocycles. The van der Waals surface area contributed by atoms with Gasteiger partial charge in [-0.25, -0.2) is 0 Å². The van der Waals surface area contributed by atoms with E-state index in [0.29, 0.717) is 54.6 Å². The van der Waals surface area contributed by atoms with Crippen molar-refractivity contribution >= 4 is 29.2 Å². The molecule has 0 spiro atoms. The topological polar surface area (TPSA) is 83.4 Å². The number of thioether (sulfide) groups is 1. The van der Waals surface area contributed by atoms with Crippen LogP contribution in [0, 0.1) is 5.92 Å². The molecule has 8 heteroatoms. The molecule has 7 nitrogen and oxygen atoms in total. The molecule has 0 radical (unpaired) electrons. The highest BCUT2D eigenvalue weighted by Crippen LogP contribution is 2.48. The summed E-state index contributed by atoms with van der Waals surface area (Å²) in [7, 11) is 3.20. The second kappa shape index (κ2) is 14.6. The minimum absolute atomic E-state index is 0.0118. The largest absolute Gasteiger partial charge is 0.493 e. The Morgan fingerprint density at radius 3 is 2.48 bits per heavy atom. The van der Waals surface area contributed by atoms with Crippen LogP contribution in [0.5, 0.6) is 17.2 Å². The lowest BCUT2D eigenvalue weighted by Gasteiger charge is -2.36. The zero-order valence-electron chi connectivity index (χ0n) is 25.7. The van der Waals surface area contributed by atoms with E-state index in [1.54, 1.807) is 26.0 Å². The maximum absolute atomic E-state index is 14.1. The highest BCUT2D eigenvalue weighted by Gasteiger charge is 2.45. The Morgan fingerprint density at radius 1 is 0.932 bits per heavy atom. The summed E-state index contributed by atoms with van der Waals surface area (Å²) in [6.45, 7) is 4.67. The van der Waals surface area contributed by atoms with Gasteiger partial charge in [-0.1, -0.05) is 55.5 Å². The van der Waals surface area contributed by atoms with Crippen LogP contribution >= 0.6 is 11.8 Å². The average Bonchev–Trinajstić information content (AvgIpc) is 3.05. The number of rotatable bonds is 12. The lowest BCUT2D eigenvalue weighted by molar-refractivity contribution is -0.145. The van der Waals surface area contributed by atoms with Gasteiger partial charge in [0.05, 0.1) is 14.2 Å². The third-order valence-corrected chi connectivity index (χ3v) is 9.03. The van der Waals surface area contributed by atoms with E-state index in [-0.39, 0.29) is 17.7 Å².